The minimum Gasteiger partial charge on any atom is -0.312 e. The van der Waals surface area contributed by atoms with Gasteiger partial charge < -0.3 is 5.32 Å². The molecule has 1 saturated carbocycles. The van der Waals surface area contributed by atoms with Crippen molar-refractivity contribution in [2.75, 3.05) is 6.54 Å². The first-order valence-corrected chi connectivity index (χ1v) is 6.36. The summed E-state index contributed by atoms with van der Waals surface area (Å²) in [5.74, 6) is 0. The zero-order valence-corrected chi connectivity index (χ0v) is 10.6. The Kier molecular flexibility index (Phi) is 2.00. The summed E-state index contributed by atoms with van der Waals surface area (Å²) >= 11 is 0. The molecular weight excluding hydrogens is 194 g/mol. The third-order valence-corrected chi connectivity index (χ3v) is 4.18. The predicted octanol–water partition coefficient (Wildman–Crippen LogP) is 3.12. The van der Waals surface area contributed by atoms with Gasteiger partial charge in [0.1, 0.15) is 0 Å². The van der Waals surface area contributed by atoms with E-state index in [0.29, 0.717) is 5.41 Å². The van der Waals surface area contributed by atoms with Crippen molar-refractivity contribution in [1.29, 1.82) is 0 Å². The zero-order valence-electron chi connectivity index (χ0n) is 10.6. The van der Waals surface area contributed by atoms with E-state index in [4.69, 9.17) is 0 Å². The van der Waals surface area contributed by atoms with Crippen LogP contribution in [0.15, 0.2) is 18.2 Å². The van der Waals surface area contributed by atoms with Gasteiger partial charge in [0.25, 0.3) is 0 Å². The van der Waals surface area contributed by atoms with Gasteiger partial charge in [0.05, 0.1) is 0 Å². The summed E-state index contributed by atoms with van der Waals surface area (Å²) < 4.78 is 0. The molecule has 1 aromatic carbocycles. The maximum atomic E-state index is 3.55. The van der Waals surface area contributed by atoms with Crippen molar-refractivity contribution < 1.29 is 0 Å². The molecule has 0 aromatic heterocycles. The van der Waals surface area contributed by atoms with Crippen LogP contribution in [0.2, 0.25) is 0 Å². The molecule has 86 valence electrons. The Morgan fingerprint density at radius 2 is 1.94 bits per heavy atom. The maximum Gasteiger partial charge on any atom is 0.0208 e. The molecule has 1 nitrogen and oxygen atoms in total. The van der Waals surface area contributed by atoms with Gasteiger partial charge in [-0.25, -0.2) is 0 Å². The topological polar surface area (TPSA) is 12.0 Å². The lowest BCUT2D eigenvalue weighted by atomic mass is 9.80. The molecule has 3 rings (SSSR count). The lowest BCUT2D eigenvalue weighted by molar-refractivity contribution is 0.525. The number of hydrogen-bond donors (Lipinski definition) is 1. The highest BCUT2D eigenvalue weighted by atomic mass is 14.9. The second-order valence-electron chi connectivity index (χ2n) is 6.51. The predicted molar refractivity (Wildman–Crippen MR) is 67.8 cm³/mol. The van der Waals surface area contributed by atoms with Crippen LogP contribution in [0.25, 0.3) is 0 Å². The van der Waals surface area contributed by atoms with Crippen molar-refractivity contribution in [2.24, 2.45) is 0 Å². The summed E-state index contributed by atoms with van der Waals surface area (Å²) in [6.07, 6.45) is 2.75. The first-order valence-electron chi connectivity index (χ1n) is 6.36. The third kappa shape index (κ3) is 1.49. The van der Waals surface area contributed by atoms with Crippen molar-refractivity contribution in [3.8, 4) is 0 Å². The molecule has 1 heterocycles. The van der Waals surface area contributed by atoms with E-state index in [2.05, 4.69) is 44.3 Å². The highest BCUT2D eigenvalue weighted by Gasteiger charge is 2.46. The van der Waals surface area contributed by atoms with Crippen LogP contribution in [-0.2, 0) is 17.4 Å². The minimum atomic E-state index is 0.274. The Labute approximate surface area is 98.3 Å². The highest BCUT2D eigenvalue weighted by Crippen LogP contribution is 2.51. The Balaban J connectivity index is 2.09. The molecule has 1 fully saturated rings. The third-order valence-electron chi connectivity index (χ3n) is 4.18. The Morgan fingerprint density at radius 1 is 1.19 bits per heavy atom. The molecule has 1 heteroatoms. The molecule has 16 heavy (non-hydrogen) atoms. The zero-order chi connectivity index (χ0) is 11.4. The molecule has 0 unspecified atom stereocenters. The first kappa shape index (κ1) is 10.3. The molecule has 0 radical (unpaired) electrons. The molecule has 1 N–H and O–H groups in total. The van der Waals surface area contributed by atoms with Gasteiger partial charge >= 0.3 is 0 Å². The average Bonchev–Trinajstić information content (AvgIpc) is 2.98. The van der Waals surface area contributed by atoms with Crippen molar-refractivity contribution in [3.05, 3.63) is 34.9 Å². The molecule has 1 aliphatic heterocycles. The SMILES string of the molecule is CC(C)(C)c1ccc2c(c1)C1(CC1)CNC2. The monoisotopic (exact) mass is 215 g/mol. The number of rotatable bonds is 0. The number of fused-ring (bicyclic) bond motifs is 2. The summed E-state index contributed by atoms with van der Waals surface area (Å²) in [4.78, 5) is 0. The first-order chi connectivity index (χ1) is 7.51. The Hall–Kier alpha value is -0.820. The molecule has 0 saturated heterocycles. The standard InChI is InChI=1S/C15H21N/c1-14(2,3)12-5-4-11-9-16-10-15(6-7-15)13(11)8-12/h4-5,8,16H,6-7,9-10H2,1-3H3. The highest BCUT2D eigenvalue weighted by molar-refractivity contribution is 5.45. The molecule has 1 aromatic rings. The van der Waals surface area contributed by atoms with Gasteiger partial charge in [-0.3, -0.25) is 0 Å². The summed E-state index contributed by atoms with van der Waals surface area (Å²) in [6.45, 7) is 9.15. The van der Waals surface area contributed by atoms with Crippen molar-refractivity contribution in [2.45, 2.75) is 51.0 Å². The van der Waals surface area contributed by atoms with Gasteiger partial charge in [0, 0.05) is 18.5 Å². The average molecular weight is 215 g/mol. The minimum absolute atomic E-state index is 0.274. The number of hydrogen-bond acceptors (Lipinski definition) is 1. The number of benzene rings is 1. The van der Waals surface area contributed by atoms with E-state index in [0.717, 1.165) is 6.54 Å². The molecule has 0 bridgehead atoms. The lowest BCUT2D eigenvalue weighted by Crippen LogP contribution is -2.33. The van der Waals surface area contributed by atoms with Gasteiger partial charge in [-0.1, -0.05) is 39.0 Å². The van der Waals surface area contributed by atoms with Crippen LogP contribution in [0.1, 0.15) is 50.3 Å². The van der Waals surface area contributed by atoms with E-state index in [1.165, 1.54) is 30.5 Å². The van der Waals surface area contributed by atoms with E-state index in [-0.39, 0.29) is 5.41 Å². The van der Waals surface area contributed by atoms with E-state index >= 15 is 0 Å². The maximum absolute atomic E-state index is 3.55. The van der Waals surface area contributed by atoms with Crippen LogP contribution in [0.5, 0.6) is 0 Å². The second kappa shape index (κ2) is 3.10. The second-order valence-corrected chi connectivity index (χ2v) is 6.51. The molecule has 0 amide bonds. The number of nitrogens with one attached hydrogen (secondary N) is 1. The van der Waals surface area contributed by atoms with Crippen LogP contribution in [0, 0.1) is 0 Å². The van der Waals surface area contributed by atoms with Crippen LogP contribution in [-0.4, -0.2) is 6.54 Å². The molecule has 1 spiro atoms. The summed E-state index contributed by atoms with van der Waals surface area (Å²) in [6, 6.07) is 7.12. The fraction of sp³-hybridized carbons (Fsp3) is 0.600. The van der Waals surface area contributed by atoms with Crippen LogP contribution in [0.3, 0.4) is 0 Å². The molecule has 0 atom stereocenters. The van der Waals surface area contributed by atoms with Crippen molar-refractivity contribution >= 4 is 0 Å². The fourth-order valence-electron chi connectivity index (χ4n) is 2.82. The van der Waals surface area contributed by atoms with Gasteiger partial charge in [-0.15, -0.1) is 0 Å². The molecular formula is C15H21N. The van der Waals surface area contributed by atoms with Crippen LogP contribution >= 0.6 is 0 Å². The van der Waals surface area contributed by atoms with Gasteiger partial charge in [0.15, 0.2) is 0 Å². The van der Waals surface area contributed by atoms with Crippen molar-refractivity contribution in [3.63, 3.8) is 0 Å². The van der Waals surface area contributed by atoms with E-state index in [9.17, 15) is 0 Å². The van der Waals surface area contributed by atoms with Crippen LogP contribution < -0.4 is 5.32 Å². The Bertz CT molecular complexity index is 422. The van der Waals surface area contributed by atoms with Gasteiger partial charge in [0.2, 0.25) is 0 Å². The largest absolute Gasteiger partial charge is 0.312 e. The summed E-state index contributed by atoms with van der Waals surface area (Å²) in [7, 11) is 0. The summed E-state index contributed by atoms with van der Waals surface area (Å²) in [5.41, 5.74) is 5.43. The molecule has 1 aliphatic carbocycles. The van der Waals surface area contributed by atoms with E-state index in [1.54, 1.807) is 5.56 Å². The van der Waals surface area contributed by atoms with E-state index < -0.39 is 0 Å². The molecule has 2 aliphatic rings. The normalized spacial score (nSPS) is 21.9. The lowest BCUT2D eigenvalue weighted by Gasteiger charge is -2.29. The van der Waals surface area contributed by atoms with Gasteiger partial charge in [-0.05, 0) is 34.9 Å². The Morgan fingerprint density at radius 3 is 2.56 bits per heavy atom. The fourth-order valence-corrected chi connectivity index (χ4v) is 2.82. The smallest absolute Gasteiger partial charge is 0.0208 e. The summed E-state index contributed by atoms with van der Waals surface area (Å²) in [5, 5.41) is 3.55. The quantitative estimate of drug-likeness (QED) is 0.701. The van der Waals surface area contributed by atoms with Gasteiger partial charge in [-0.2, -0.15) is 0 Å². The van der Waals surface area contributed by atoms with Crippen molar-refractivity contribution in [1.82, 2.24) is 5.32 Å². The van der Waals surface area contributed by atoms with Crippen LogP contribution in [0.4, 0.5) is 0 Å². The van der Waals surface area contributed by atoms with E-state index in [1.807, 2.05) is 0 Å².